The SMILES string of the molecule is Cc1ccc(F)c(C(=O)Cl)c1. The van der Waals surface area contributed by atoms with E-state index < -0.39 is 11.1 Å². The van der Waals surface area contributed by atoms with Crippen LogP contribution < -0.4 is 0 Å². The molecule has 0 radical (unpaired) electrons. The molecule has 0 atom stereocenters. The highest BCUT2D eigenvalue weighted by molar-refractivity contribution is 6.67. The van der Waals surface area contributed by atoms with Crippen LogP contribution in [-0.4, -0.2) is 5.24 Å². The maximum absolute atomic E-state index is 12.7. The zero-order valence-corrected chi connectivity index (χ0v) is 6.65. The number of aryl methyl sites for hydroxylation is 1. The van der Waals surface area contributed by atoms with Gasteiger partial charge in [0, 0.05) is 0 Å². The third-order valence-corrected chi connectivity index (χ3v) is 1.54. The van der Waals surface area contributed by atoms with E-state index in [2.05, 4.69) is 0 Å². The van der Waals surface area contributed by atoms with Gasteiger partial charge in [0.1, 0.15) is 5.82 Å². The lowest BCUT2D eigenvalue weighted by atomic mass is 10.1. The quantitative estimate of drug-likeness (QED) is 0.595. The first kappa shape index (κ1) is 8.21. The minimum absolute atomic E-state index is 0.0633. The zero-order valence-electron chi connectivity index (χ0n) is 5.90. The molecule has 0 aliphatic heterocycles. The van der Waals surface area contributed by atoms with Gasteiger partial charge < -0.3 is 0 Å². The first-order valence-corrected chi connectivity index (χ1v) is 3.45. The Morgan fingerprint density at radius 3 is 2.64 bits per heavy atom. The van der Waals surface area contributed by atoms with Gasteiger partial charge in [0.05, 0.1) is 5.56 Å². The van der Waals surface area contributed by atoms with Gasteiger partial charge in [-0.3, -0.25) is 4.79 Å². The van der Waals surface area contributed by atoms with E-state index in [4.69, 9.17) is 11.6 Å². The molecular weight excluding hydrogens is 167 g/mol. The van der Waals surface area contributed by atoms with Crippen molar-refractivity contribution in [1.82, 2.24) is 0 Å². The van der Waals surface area contributed by atoms with E-state index >= 15 is 0 Å². The summed E-state index contributed by atoms with van der Waals surface area (Å²) >= 11 is 5.10. The Balaban J connectivity index is 3.23. The second kappa shape index (κ2) is 3.01. The van der Waals surface area contributed by atoms with Crippen LogP contribution in [0.5, 0.6) is 0 Å². The normalized spacial score (nSPS) is 9.73. The molecular formula is C8H6ClFO. The number of hydrogen-bond acceptors (Lipinski definition) is 1. The monoisotopic (exact) mass is 172 g/mol. The third-order valence-electron chi connectivity index (χ3n) is 1.33. The maximum Gasteiger partial charge on any atom is 0.255 e. The number of rotatable bonds is 1. The van der Waals surface area contributed by atoms with E-state index in [-0.39, 0.29) is 5.56 Å². The van der Waals surface area contributed by atoms with Gasteiger partial charge in [-0.05, 0) is 30.7 Å². The molecule has 1 aromatic rings. The molecule has 0 N–H and O–H groups in total. The molecule has 0 aliphatic carbocycles. The van der Waals surface area contributed by atoms with Crippen molar-refractivity contribution in [1.29, 1.82) is 0 Å². The van der Waals surface area contributed by atoms with Crippen molar-refractivity contribution in [3.63, 3.8) is 0 Å². The van der Waals surface area contributed by atoms with E-state index in [9.17, 15) is 9.18 Å². The number of carbonyl (C=O) groups is 1. The lowest BCUT2D eigenvalue weighted by Gasteiger charge is -1.97. The Labute approximate surface area is 68.8 Å². The Morgan fingerprint density at radius 1 is 1.55 bits per heavy atom. The first-order chi connectivity index (χ1) is 5.11. The molecule has 1 rings (SSSR count). The van der Waals surface area contributed by atoms with E-state index in [1.54, 1.807) is 13.0 Å². The summed E-state index contributed by atoms with van der Waals surface area (Å²) in [6.45, 7) is 1.77. The van der Waals surface area contributed by atoms with Crippen LogP contribution in [0.2, 0.25) is 0 Å². The van der Waals surface area contributed by atoms with Crippen LogP contribution in [0.3, 0.4) is 0 Å². The van der Waals surface area contributed by atoms with Gasteiger partial charge in [-0.2, -0.15) is 0 Å². The minimum atomic E-state index is -0.758. The highest BCUT2D eigenvalue weighted by Crippen LogP contribution is 2.11. The number of halogens is 2. The Hall–Kier alpha value is -0.890. The van der Waals surface area contributed by atoms with Gasteiger partial charge in [0.2, 0.25) is 0 Å². The summed E-state index contributed by atoms with van der Waals surface area (Å²) in [4.78, 5) is 10.5. The van der Waals surface area contributed by atoms with Crippen molar-refractivity contribution < 1.29 is 9.18 Å². The van der Waals surface area contributed by atoms with Gasteiger partial charge >= 0.3 is 0 Å². The largest absolute Gasteiger partial charge is 0.275 e. The van der Waals surface area contributed by atoms with Crippen LogP contribution in [0.25, 0.3) is 0 Å². The van der Waals surface area contributed by atoms with Crippen molar-refractivity contribution >= 4 is 16.8 Å². The molecule has 0 bridgehead atoms. The van der Waals surface area contributed by atoms with Crippen LogP contribution in [0, 0.1) is 12.7 Å². The van der Waals surface area contributed by atoms with Crippen molar-refractivity contribution in [3.05, 3.63) is 35.1 Å². The highest BCUT2D eigenvalue weighted by Gasteiger charge is 2.07. The molecule has 0 spiro atoms. The van der Waals surface area contributed by atoms with Crippen molar-refractivity contribution in [2.75, 3.05) is 0 Å². The predicted octanol–water partition coefficient (Wildman–Crippen LogP) is 2.51. The fourth-order valence-electron chi connectivity index (χ4n) is 0.790. The summed E-state index contributed by atoms with van der Waals surface area (Å²) in [5.74, 6) is -0.574. The molecule has 0 amide bonds. The summed E-state index contributed by atoms with van der Waals surface area (Å²) in [6, 6.07) is 4.23. The lowest BCUT2D eigenvalue weighted by molar-refractivity contribution is 0.107. The molecule has 0 unspecified atom stereocenters. The second-order valence-corrected chi connectivity index (χ2v) is 2.60. The molecule has 58 valence electrons. The average molecular weight is 173 g/mol. The summed E-state index contributed by atoms with van der Waals surface area (Å²) in [7, 11) is 0. The summed E-state index contributed by atoms with van der Waals surface area (Å²) < 4.78 is 12.7. The van der Waals surface area contributed by atoms with Crippen LogP contribution >= 0.6 is 11.6 Å². The molecule has 0 fully saturated rings. The van der Waals surface area contributed by atoms with E-state index in [1.165, 1.54) is 12.1 Å². The van der Waals surface area contributed by atoms with Crippen molar-refractivity contribution in [3.8, 4) is 0 Å². The van der Waals surface area contributed by atoms with E-state index in [0.29, 0.717) is 0 Å². The first-order valence-electron chi connectivity index (χ1n) is 3.07. The third kappa shape index (κ3) is 1.77. The Bertz CT molecular complexity index is 296. The summed E-state index contributed by atoms with van der Waals surface area (Å²) in [5.41, 5.74) is 0.752. The van der Waals surface area contributed by atoms with Crippen LogP contribution in [0.15, 0.2) is 18.2 Å². The molecule has 0 aliphatic rings. The second-order valence-electron chi connectivity index (χ2n) is 2.26. The number of benzene rings is 1. The number of carbonyl (C=O) groups excluding carboxylic acids is 1. The average Bonchev–Trinajstić information content (AvgIpc) is 1.94. The topological polar surface area (TPSA) is 17.1 Å². The molecule has 1 aromatic carbocycles. The van der Waals surface area contributed by atoms with Crippen molar-refractivity contribution in [2.45, 2.75) is 6.92 Å². The van der Waals surface area contributed by atoms with E-state index in [1.807, 2.05) is 0 Å². The van der Waals surface area contributed by atoms with Gasteiger partial charge in [-0.25, -0.2) is 4.39 Å². The van der Waals surface area contributed by atoms with Gasteiger partial charge in [-0.15, -0.1) is 0 Å². The minimum Gasteiger partial charge on any atom is -0.275 e. The molecule has 11 heavy (non-hydrogen) atoms. The van der Waals surface area contributed by atoms with Gasteiger partial charge in [0.25, 0.3) is 5.24 Å². The summed E-state index contributed by atoms with van der Waals surface area (Å²) in [5, 5.41) is -0.758. The van der Waals surface area contributed by atoms with Gasteiger partial charge in [0.15, 0.2) is 0 Å². The Kier molecular flexibility index (Phi) is 2.25. The Morgan fingerprint density at radius 2 is 2.18 bits per heavy atom. The molecule has 1 nitrogen and oxygen atoms in total. The molecule has 0 heterocycles. The smallest absolute Gasteiger partial charge is 0.255 e. The van der Waals surface area contributed by atoms with E-state index in [0.717, 1.165) is 5.56 Å². The fourth-order valence-corrected chi connectivity index (χ4v) is 0.935. The zero-order chi connectivity index (χ0) is 8.43. The standard InChI is InChI=1S/C8H6ClFO/c1-5-2-3-7(10)6(4-5)8(9)11/h2-4H,1H3. The van der Waals surface area contributed by atoms with Crippen LogP contribution in [-0.2, 0) is 0 Å². The van der Waals surface area contributed by atoms with Crippen molar-refractivity contribution in [2.24, 2.45) is 0 Å². The summed E-state index contributed by atoms with van der Waals surface area (Å²) in [6.07, 6.45) is 0. The lowest BCUT2D eigenvalue weighted by Crippen LogP contribution is -1.94. The van der Waals surface area contributed by atoms with Crippen LogP contribution in [0.1, 0.15) is 15.9 Å². The molecule has 0 aromatic heterocycles. The molecule has 0 saturated heterocycles. The molecule has 0 saturated carbocycles. The van der Waals surface area contributed by atoms with Crippen LogP contribution in [0.4, 0.5) is 4.39 Å². The number of hydrogen-bond donors (Lipinski definition) is 0. The highest BCUT2D eigenvalue weighted by atomic mass is 35.5. The fraction of sp³-hybridized carbons (Fsp3) is 0.125. The molecule has 3 heteroatoms. The predicted molar refractivity (Wildman–Crippen MR) is 41.3 cm³/mol. The van der Waals surface area contributed by atoms with Gasteiger partial charge in [-0.1, -0.05) is 11.6 Å². The maximum atomic E-state index is 12.7.